The summed E-state index contributed by atoms with van der Waals surface area (Å²) >= 11 is 12.8. The number of aromatic nitrogens is 3. The first-order valence-corrected chi connectivity index (χ1v) is 9.06. The lowest BCUT2D eigenvalue weighted by molar-refractivity contribution is 0.115. The molecule has 0 bridgehead atoms. The van der Waals surface area contributed by atoms with Crippen molar-refractivity contribution in [1.29, 1.82) is 0 Å². The van der Waals surface area contributed by atoms with Gasteiger partial charge in [-0.2, -0.15) is 4.98 Å². The molecule has 0 amide bonds. The van der Waals surface area contributed by atoms with Crippen LogP contribution < -0.4 is 11.1 Å². The van der Waals surface area contributed by atoms with E-state index in [-0.39, 0.29) is 11.9 Å². The molecule has 2 unspecified atom stereocenters. The zero-order valence-corrected chi connectivity index (χ0v) is 15.3. The maximum atomic E-state index is 11.0. The number of nitrogens with two attached hydrogens (primary N) is 1. The molecule has 8 heteroatoms. The third-order valence-electron chi connectivity index (χ3n) is 4.67. The zero-order chi connectivity index (χ0) is 18.3. The van der Waals surface area contributed by atoms with E-state index >= 15 is 0 Å². The minimum atomic E-state index is -0.770. The van der Waals surface area contributed by atoms with Gasteiger partial charge in [0.2, 0.25) is 5.95 Å². The lowest BCUT2D eigenvalue weighted by Gasteiger charge is -2.21. The van der Waals surface area contributed by atoms with Gasteiger partial charge in [0, 0.05) is 45.2 Å². The maximum Gasteiger partial charge on any atom is 0.222 e. The summed E-state index contributed by atoms with van der Waals surface area (Å²) in [5.41, 5.74) is 7.95. The number of hydrogen-bond donors (Lipinski definition) is 3. The molecular weight excluding hydrogens is 373 g/mol. The number of halogens is 2. The normalized spacial score (nSPS) is 18.3. The van der Waals surface area contributed by atoms with Gasteiger partial charge in [-0.1, -0.05) is 29.3 Å². The Labute approximate surface area is 160 Å². The SMILES string of the molecule is Nc1ncc2cc(-c3c(Cl)cccc3Cl)c(C(O)C3CCNC3)nc2n1. The van der Waals surface area contributed by atoms with E-state index in [2.05, 4.69) is 20.3 Å². The molecule has 4 N–H and O–H groups in total. The Kier molecular flexibility index (Phi) is 4.67. The fourth-order valence-electron chi connectivity index (χ4n) is 3.34. The monoisotopic (exact) mass is 389 g/mol. The zero-order valence-electron chi connectivity index (χ0n) is 13.8. The van der Waals surface area contributed by atoms with Crippen LogP contribution in [-0.4, -0.2) is 33.1 Å². The Bertz CT molecular complexity index is 955. The molecule has 26 heavy (non-hydrogen) atoms. The molecule has 1 fully saturated rings. The van der Waals surface area contributed by atoms with Gasteiger partial charge in [-0.05, 0) is 31.2 Å². The number of anilines is 1. The first kappa shape index (κ1) is 17.4. The quantitative estimate of drug-likeness (QED) is 0.636. The van der Waals surface area contributed by atoms with Crippen LogP contribution in [0.1, 0.15) is 18.2 Å². The third-order valence-corrected chi connectivity index (χ3v) is 5.30. The van der Waals surface area contributed by atoms with Gasteiger partial charge < -0.3 is 16.2 Å². The lowest BCUT2D eigenvalue weighted by Crippen LogP contribution is -2.18. The molecule has 3 heterocycles. The van der Waals surface area contributed by atoms with Crippen molar-refractivity contribution in [1.82, 2.24) is 20.3 Å². The molecule has 134 valence electrons. The maximum absolute atomic E-state index is 11.0. The molecule has 3 aromatic rings. The highest BCUT2D eigenvalue weighted by Crippen LogP contribution is 2.40. The number of benzene rings is 1. The second kappa shape index (κ2) is 6.96. The summed E-state index contributed by atoms with van der Waals surface area (Å²) in [4.78, 5) is 12.8. The van der Waals surface area contributed by atoms with E-state index in [0.29, 0.717) is 37.9 Å². The van der Waals surface area contributed by atoms with Crippen molar-refractivity contribution in [3.05, 3.63) is 46.2 Å². The van der Waals surface area contributed by atoms with E-state index in [9.17, 15) is 5.11 Å². The third kappa shape index (κ3) is 3.10. The van der Waals surface area contributed by atoms with Crippen molar-refractivity contribution < 1.29 is 5.11 Å². The second-order valence-electron chi connectivity index (χ2n) is 6.36. The van der Waals surface area contributed by atoms with E-state index < -0.39 is 6.10 Å². The minimum Gasteiger partial charge on any atom is -0.386 e. The molecule has 6 nitrogen and oxygen atoms in total. The van der Waals surface area contributed by atoms with Crippen molar-refractivity contribution in [2.24, 2.45) is 5.92 Å². The van der Waals surface area contributed by atoms with Crippen LogP contribution in [0.5, 0.6) is 0 Å². The summed E-state index contributed by atoms with van der Waals surface area (Å²) in [6.07, 6.45) is 1.70. The fraction of sp³-hybridized carbons (Fsp3) is 0.278. The largest absolute Gasteiger partial charge is 0.386 e. The van der Waals surface area contributed by atoms with Gasteiger partial charge >= 0.3 is 0 Å². The van der Waals surface area contributed by atoms with Crippen molar-refractivity contribution in [3.63, 3.8) is 0 Å². The van der Waals surface area contributed by atoms with Crippen LogP contribution in [0.4, 0.5) is 5.95 Å². The average Bonchev–Trinajstić information content (AvgIpc) is 3.15. The van der Waals surface area contributed by atoms with Gasteiger partial charge in [0.05, 0.1) is 5.69 Å². The number of rotatable bonds is 3. The Balaban J connectivity index is 1.97. The number of fused-ring (bicyclic) bond motifs is 1. The molecule has 0 aliphatic carbocycles. The topological polar surface area (TPSA) is 97.0 Å². The number of pyridine rings is 1. The number of aliphatic hydroxyl groups excluding tert-OH is 1. The van der Waals surface area contributed by atoms with Crippen molar-refractivity contribution in [3.8, 4) is 11.1 Å². The fourth-order valence-corrected chi connectivity index (χ4v) is 3.94. The highest BCUT2D eigenvalue weighted by Gasteiger charge is 2.29. The van der Waals surface area contributed by atoms with Crippen molar-refractivity contribution >= 4 is 40.2 Å². The van der Waals surface area contributed by atoms with Crippen LogP contribution in [0.3, 0.4) is 0 Å². The second-order valence-corrected chi connectivity index (χ2v) is 7.17. The Morgan fingerprint density at radius 2 is 2.00 bits per heavy atom. The summed E-state index contributed by atoms with van der Waals surface area (Å²) in [5.74, 6) is 0.190. The van der Waals surface area contributed by atoms with Crippen LogP contribution in [0, 0.1) is 5.92 Å². The van der Waals surface area contributed by atoms with Crippen molar-refractivity contribution in [2.75, 3.05) is 18.8 Å². The van der Waals surface area contributed by atoms with Crippen LogP contribution in [-0.2, 0) is 0 Å². The summed E-state index contributed by atoms with van der Waals surface area (Å²) in [6.45, 7) is 1.59. The number of aliphatic hydroxyl groups is 1. The molecule has 0 saturated carbocycles. The molecule has 2 aromatic heterocycles. The Morgan fingerprint density at radius 3 is 2.69 bits per heavy atom. The van der Waals surface area contributed by atoms with E-state index in [0.717, 1.165) is 19.5 Å². The standard InChI is InChI=1S/C18H17Cl2N5O/c19-12-2-1-3-13(20)14(12)11-6-10-8-23-18(21)25-17(10)24-15(11)16(26)9-4-5-22-7-9/h1-3,6,8-9,16,22,26H,4-5,7H2,(H2,21,23,24,25). The van der Waals surface area contributed by atoms with Crippen LogP contribution in [0.2, 0.25) is 10.0 Å². The smallest absolute Gasteiger partial charge is 0.222 e. The molecule has 1 aliphatic rings. The first-order chi connectivity index (χ1) is 12.5. The number of hydrogen-bond acceptors (Lipinski definition) is 6. The number of nitrogens with one attached hydrogen (secondary N) is 1. The summed E-state index contributed by atoms with van der Waals surface area (Å²) < 4.78 is 0. The minimum absolute atomic E-state index is 0.0548. The van der Waals surface area contributed by atoms with E-state index in [1.54, 1.807) is 24.4 Å². The lowest BCUT2D eigenvalue weighted by atomic mass is 9.92. The molecule has 4 rings (SSSR count). The number of nitrogens with zero attached hydrogens (tertiary/aromatic N) is 3. The summed E-state index contributed by atoms with van der Waals surface area (Å²) in [5, 5.41) is 16.0. The van der Waals surface area contributed by atoms with Gasteiger partial charge in [-0.3, -0.25) is 0 Å². The molecule has 1 aliphatic heterocycles. The van der Waals surface area contributed by atoms with Gasteiger partial charge in [0.25, 0.3) is 0 Å². The van der Waals surface area contributed by atoms with Crippen LogP contribution >= 0.6 is 23.2 Å². The molecule has 2 atom stereocenters. The van der Waals surface area contributed by atoms with E-state index in [1.807, 2.05) is 6.07 Å². The van der Waals surface area contributed by atoms with Crippen molar-refractivity contribution in [2.45, 2.75) is 12.5 Å². The summed E-state index contributed by atoms with van der Waals surface area (Å²) in [7, 11) is 0. The molecule has 0 spiro atoms. The highest BCUT2D eigenvalue weighted by molar-refractivity contribution is 6.39. The number of nitrogen functional groups attached to an aromatic ring is 1. The Hall–Kier alpha value is -1.99. The molecular formula is C18H17Cl2N5O. The Morgan fingerprint density at radius 1 is 1.23 bits per heavy atom. The van der Waals surface area contributed by atoms with Crippen LogP contribution in [0.25, 0.3) is 22.2 Å². The predicted octanol–water partition coefficient (Wildman–Crippen LogP) is 3.22. The predicted molar refractivity (Wildman–Crippen MR) is 103 cm³/mol. The van der Waals surface area contributed by atoms with Gasteiger partial charge in [-0.25, -0.2) is 9.97 Å². The van der Waals surface area contributed by atoms with E-state index in [1.165, 1.54) is 0 Å². The highest BCUT2D eigenvalue weighted by atomic mass is 35.5. The summed E-state index contributed by atoms with van der Waals surface area (Å²) in [6, 6.07) is 7.17. The molecule has 1 aromatic carbocycles. The average molecular weight is 390 g/mol. The van der Waals surface area contributed by atoms with E-state index in [4.69, 9.17) is 28.9 Å². The van der Waals surface area contributed by atoms with Gasteiger partial charge in [0.1, 0.15) is 6.10 Å². The molecule has 1 saturated heterocycles. The van der Waals surface area contributed by atoms with Crippen LogP contribution in [0.15, 0.2) is 30.5 Å². The van der Waals surface area contributed by atoms with Gasteiger partial charge in [0.15, 0.2) is 5.65 Å². The molecule has 0 radical (unpaired) electrons. The van der Waals surface area contributed by atoms with Gasteiger partial charge in [-0.15, -0.1) is 0 Å². The first-order valence-electron chi connectivity index (χ1n) is 8.31.